The van der Waals surface area contributed by atoms with E-state index in [4.69, 9.17) is 26.2 Å². The number of rotatable bonds is 7. The summed E-state index contributed by atoms with van der Waals surface area (Å²) in [5, 5.41) is 14.3. The summed E-state index contributed by atoms with van der Waals surface area (Å²) in [5.74, 6) is -3.49. The van der Waals surface area contributed by atoms with Gasteiger partial charge in [-0.15, -0.1) is 0 Å². The first-order valence-corrected chi connectivity index (χ1v) is 16.2. The number of fused-ring (bicyclic) bond motifs is 1. The van der Waals surface area contributed by atoms with Gasteiger partial charge in [0.25, 0.3) is 5.91 Å². The molecule has 2 fully saturated rings. The largest absolute Gasteiger partial charge is 0.490 e. The second-order valence-corrected chi connectivity index (χ2v) is 12.3. The highest BCUT2D eigenvalue weighted by Gasteiger charge is 2.38. The second kappa shape index (κ2) is 15.5. The number of carboxylic acid groups (broad SMARTS) is 1. The zero-order valence-electron chi connectivity index (χ0n) is 26.1. The number of hydrogen-bond donors (Lipinski definition) is 3. The molecule has 6 rings (SSSR count). The zero-order chi connectivity index (χ0) is 36.0. The minimum absolute atomic E-state index is 0.00649. The quantitative estimate of drug-likeness (QED) is 0.130. The normalized spacial score (nSPS) is 16.0. The van der Waals surface area contributed by atoms with Crippen molar-refractivity contribution >= 4 is 80.6 Å². The Kier molecular flexibility index (Phi) is 11.2. The first-order chi connectivity index (χ1) is 23.8. The number of hydrogen-bond acceptors (Lipinski definition) is 9. The van der Waals surface area contributed by atoms with E-state index in [0.717, 1.165) is 35.8 Å². The standard InChI is InChI=1S/C32H26ClN5O4S.C2HF3O2/c1-2-42-31(41)23-17-35-25-9-6-18(14-22(25)28(23)19-10-12-34-13-11-19)15-27-30(40)38-32(43-27)37-26-16-21(7-8-24(26)33)36-29(39)20-4-3-5-20;3-2(4,5)1(6)7/h6-17,20H,2-5H2,1H3,(H,36,39)(H,37,38,40);(H,6,7)/b27-15+;. The molecule has 1 aliphatic carbocycles. The van der Waals surface area contributed by atoms with Crippen molar-refractivity contribution in [2.45, 2.75) is 32.4 Å². The Hall–Kier alpha value is -5.28. The van der Waals surface area contributed by atoms with Crippen molar-refractivity contribution < 1.29 is 42.2 Å². The lowest BCUT2D eigenvalue weighted by Crippen LogP contribution is -2.27. The minimum Gasteiger partial charge on any atom is -0.475 e. The highest BCUT2D eigenvalue weighted by Crippen LogP contribution is 2.36. The molecule has 0 bridgehead atoms. The maximum atomic E-state index is 12.9. The van der Waals surface area contributed by atoms with E-state index in [1.807, 2.05) is 30.3 Å². The van der Waals surface area contributed by atoms with Crippen LogP contribution >= 0.6 is 23.4 Å². The van der Waals surface area contributed by atoms with E-state index >= 15 is 0 Å². The van der Waals surface area contributed by atoms with E-state index < -0.39 is 18.1 Å². The SMILES string of the molecule is CCOC(=O)c1cnc2ccc(/C=C3/SC(=Nc4cc(NC(=O)C5CCC5)ccc4Cl)NC3=O)cc2c1-c1ccncc1.O=C(O)C(F)(F)F. The summed E-state index contributed by atoms with van der Waals surface area (Å²) in [5.41, 5.74) is 4.27. The highest BCUT2D eigenvalue weighted by molar-refractivity contribution is 8.18. The van der Waals surface area contributed by atoms with Gasteiger partial charge in [-0.25, -0.2) is 14.6 Å². The van der Waals surface area contributed by atoms with E-state index in [0.29, 0.717) is 43.1 Å². The van der Waals surface area contributed by atoms with Gasteiger partial charge in [0.1, 0.15) is 0 Å². The molecule has 4 aromatic rings. The Morgan fingerprint density at radius 1 is 1.14 bits per heavy atom. The summed E-state index contributed by atoms with van der Waals surface area (Å²) in [6.07, 6.45) is 4.39. The van der Waals surface area contributed by atoms with Crippen molar-refractivity contribution in [2.75, 3.05) is 11.9 Å². The predicted molar refractivity (Wildman–Crippen MR) is 183 cm³/mol. The third kappa shape index (κ3) is 8.65. The Balaban J connectivity index is 0.000000630. The maximum absolute atomic E-state index is 12.9. The first kappa shape index (κ1) is 36.0. The van der Waals surface area contributed by atoms with Crippen molar-refractivity contribution in [2.24, 2.45) is 10.9 Å². The fourth-order valence-corrected chi connectivity index (χ4v) is 5.82. The summed E-state index contributed by atoms with van der Waals surface area (Å²) < 4.78 is 37.0. The van der Waals surface area contributed by atoms with Crippen LogP contribution in [-0.4, -0.2) is 56.8 Å². The van der Waals surface area contributed by atoms with Gasteiger partial charge in [0, 0.05) is 41.1 Å². The summed E-state index contributed by atoms with van der Waals surface area (Å²) in [6.45, 7) is 1.99. The highest BCUT2D eigenvalue weighted by atomic mass is 35.5. The monoisotopic (exact) mass is 725 g/mol. The van der Waals surface area contributed by atoms with E-state index in [9.17, 15) is 27.6 Å². The molecule has 2 amide bonds. The van der Waals surface area contributed by atoms with Crippen LogP contribution < -0.4 is 10.6 Å². The molecule has 2 aromatic heterocycles. The molecule has 1 aliphatic heterocycles. The number of alkyl halides is 3. The Labute approximate surface area is 292 Å². The number of esters is 1. The molecule has 0 radical (unpaired) electrons. The topological polar surface area (TPSA) is 160 Å². The van der Waals surface area contributed by atoms with Crippen molar-refractivity contribution in [3.05, 3.63) is 88.2 Å². The smallest absolute Gasteiger partial charge is 0.475 e. The molecule has 0 spiro atoms. The van der Waals surface area contributed by atoms with Crippen molar-refractivity contribution in [1.29, 1.82) is 0 Å². The van der Waals surface area contributed by atoms with E-state index in [2.05, 4.69) is 25.6 Å². The maximum Gasteiger partial charge on any atom is 0.490 e. The summed E-state index contributed by atoms with van der Waals surface area (Å²) >= 11 is 7.57. The van der Waals surface area contributed by atoms with Gasteiger partial charge in [0.2, 0.25) is 5.91 Å². The third-order valence-corrected chi connectivity index (χ3v) is 8.69. The molecule has 258 valence electrons. The number of benzene rings is 2. The van der Waals surface area contributed by atoms with E-state index in [1.165, 1.54) is 18.0 Å². The van der Waals surface area contributed by atoms with Crippen LogP contribution in [0.5, 0.6) is 0 Å². The predicted octanol–water partition coefficient (Wildman–Crippen LogP) is 7.39. The van der Waals surface area contributed by atoms with Crippen LogP contribution in [0.1, 0.15) is 42.1 Å². The number of halogens is 4. The van der Waals surface area contributed by atoms with Gasteiger partial charge in [-0.1, -0.05) is 24.1 Å². The van der Waals surface area contributed by atoms with Gasteiger partial charge >= 0.3 is 18.1 Å². The molecule has 11 nitrogen and oxygen atoms in total. The molecule has 50 heavy (non-hydrogen) atoms. The summed E-state index contributed by atoms with van der Waals surface area (Å²) in [7, 11) is 0. The fourth-order valence-electron chi connectivity index (χ4n) is 4.83. The number of nitrogens with one attached hydrogen (secondary N) is 2. The van der Waals surface area contributed by atoms with Crippen LogP contribution in [0, 0.1) is 5.92 Å². The number of pyridine rings is 2. The number of carboxylic acids is 1. The minimum atomic E-state index is -5.08. The molecule has 2 aromatic carbocycles. The zero-order valence-corrected chi connectivity index (χ0v) is 27.7. The number of nitrogens with zero attached hydrogens (tertiary/aromatic N) is 3. The Bertz CT molecular complexity index is 2040. The van der Waals surface area contributed by atoms with Gasteiger partial charge < -0.3 is 20.5 Å². The van der Waals surface area contributed by atoms with E-state index in [1.54, 1.807) is 43.6 Å². The molecule has 3 heterocycles. The Morgan fingerprint density at radius 2 is 1.86 bits per heavy atom. The van der Waals surface area contributed by atoms with Crippen LogP contribution in [0.3, 0.4) is 0 Å². The van der Waals surface area contributed by atoms with Crippen LogP contribution in [-0.2, 0) is 19.1 Å². The molecule has 0 atom stereocenters. The lowest BCUT2D eigenvalue weighted by molar-refractivity contribution is -0.192. The molecular formula is C34H27ClF3N5O6S. The van der Waals surface area contributed by atoms with E-state index in [-0.39, 0.29) is 24.3 Å². The summed E-state index contributed by atoms with van der Waals surface area (Å²) in [4.78, 5) is 60.6. The molecule has 1 saturated carbocycles. The van der Waals surface area contributed by atoms with Crippen LogP contribution in [0.2, 0.25) is 5.02 Å². The molecular weight excluding hydrogens is 699 g/mol. The van der Waals surface area contributed by atoms with Crippen LogP contribution in [0.4, 0.5) is 24.5 Å². The first-order valence-electron chi connectivity index (χ1n) is 15.0. The van der Waals surface area contributed by atoms with Gasteiger partial charge in [-0.2, -0.15) is 13.2 Å². The number of thioether (sulfide) groups is 1. The van der Waals surface area contributed by atoms with Crippen LogP contribution in [0.25, 0.3) is 28.1 Å². The number of aromatic nitrogens is 2. The fraction of sp³-hybridized carbons (Fsp3) is 0.206. The molecule has 16 heteroatoms. The average molecular weight is 726 g/mol. The summed E-state index contributed by atoms with van der Waals surface area (Å²) in [6, 6.07) is 14.3. The lowest BCUT2D eigenvalue weighted by atomic mass is 9.85. The number of aliphatic imine (C=N–C) groups is 1. The third-order valence-electron chi connectivity index (χ3n) is 7.46. The number of aliphatic carboxylic acids is 1. The van der Waals surface area contributed by atoms with Gasteiger partial charge in [-0.05, 0) is 91.2 Å². The molecule has 3 N–H and O–H groups in total. The number of carbonyl (C=O) groups is 4. The van der Waals surface area contributed by atoms with Gasteiger partial charge in [-0.3, -0.25) is 19.6 Å². The molecule has 1 saturated heterocycles. The van der Waals surface area contributed by atoms with Crippen molar-refractivity contribution in [1.82, 2.24) is 15.3 Å². The molecule has 2 aliphatic rings. The second-order valence-electron chi connectivity index (χ2n) is 10.8. The van der Waals surface area contributed by atoms with Crippen molar-refractivity contribution in [3.8, 4) is 11.1 Å². The number of anilines is 1. The van der Waals surface area contributed by atoms with Crippen LogP contribution in [0.15, 0.2) is 77.0 Å². The number of amides is 2. The van der Waals surface area contributed by atoms with Gasteiger partial charge in [0.05, 0.1) is 33.3 Å². The van der Waals surface area contributed by atoms with Gasteiger partial charge in [0.15, 0.2) is 5.17 Å². The molecule has 0 unspecified atom stereocenters. The number of amidine groups is 1. The lowest BCUT2D eigenvalue weighted by Gasteiger charge is -2.24. The Morgan fingerprint density at radius 3 is 2.50 bits per heavy atom. The number of ether oxygens (including phenoxy) is 1. The van der Waals surface area contributed by atoms with Crippen molar-refractivity contribution in [3.63, 3.8) is 0 Å². The average Bonchev–Trinajstić information content (AvgIpc) is 3.39. The number of carbonyl (C=O) groups excluding carboxylic acids is 3.